The number of H-pyrrole nitrogens is 1. The fourth-order valence-electron chi connectivity index (χ4n) is 10.5. The van der Waals surface area contributed by atoms with Crippen LogP contribution in [-0.2, 0) is 43.3 Å². The molecule has 0 aromatic carbocycles. The predicted molar refractivity (Wildman–Crippen MR) is 242 cm³/mol. The van der Waals surface area contributed by atoms with Crippen molar-refractivity contribution in [2.45, 2.75) is 201 Å². The van der Waals surface area contributed by atoms with Crippen molar-refractivity contribution in [1.29, 1.82) is 0 Å². The van der Waals surface area contributed by atoms with E-state index < -0.39 is 0 Å². The number of nitrogens with one attached hydrogen (secondary N) is 2. The number of methoxy groups -OCH3 is 1. The number of hydrogen-bond donors (Lipinski definition) is 2. The van der Waals surface area contributed by atoms with Crippen molar-refractivity contribution in [3.8, 4) is 0 Å². The molecule has 1 aromatic heterocycles. The number of unbranched alkanes of at least 4 members (excludes halogenated alkanes) is 11. The summed E-state index contributed by atoms with van der Waals surface area (Å²) in [5.41, 5.74) is 12.8. The van der Waals surface area contributed by atoms with Crippen molar-refractivity contribution in [2.24, 2.45) is 21.8 Å². The molecule has 0 radical (unpaired) electrons. The third kappa shape index (κ3) is 10.7. The van der Waals surface area contributed by atoms with Gasteiger partial charge in [-0.15, -0.1) is 0 Å². The Kier molecular flexibility index (Phi) is 16.4. The Balaban J connectivity index is 1.13. The summed E-state index contributed by atoms with van der Waals surface area (Å²) in [5, 5.41) is 3.90. The minimum Gasteiger partial charge on any atom is -0.469 e. The first-order valence-corrected chi connectivity index (χ1v) is 23.7. The Morgan fingerprint density at radius 3 is 2.18 bits per heavy atom. The molecular formula is C51H74N4O5. The van der Waals surface area contributed by atoms with Crippen molar-refractivity contribution in [3.05, 3.63) is 68.2 Å². The molecule has 2 fully saturated rings. The SMILES string of the molecule is CCCCCCCC/C=C/CCCCCCCC(=O)OCc1c2[nH]c(c1C)CC1N/C(=C3/CC(=O)C4=C(C)C(CC5=NC(C2)C(C)=C5CC)N=C43)[C@@H](CCC(=O)OC)[C@@H]1C. The summed E-state index contributed by atoms with van der Waals surface area (Å²) in [6.07, 6.45) is 25.3. The van der Waals surface area contributed by atoms with Crippen molar-refractivity contribution in [2.75, 3.05) is 7.11 Å². The van der Waals surface area contributed by atoms with E-state index in [0.717, 1.165) is 94.9 Å². The maximum atomic E-state index is 13.7. The Hall–Kier alpha value is -4.01. The van der Waals surface area contributed by atoms with Gasteiger partial charge in [0.25, 0.3) is 0 Å². The highest BCUT2D eigenvalue weighted by atomic mass is 16.5. The van der Waals surface area contributed by atoms with E-state index in [1.54, 1.807) is 0 Å². The number of allylic oxidation sites excluding steroid dienone is 6. The molecule has 60 heavy (non-hydrogen) atoms. The van der Waals surface area contributed by atoms with Gasteiger partial charge in [0.15, 0.2) is 5.78 Å². The third-order valence-electron chi connectivity index (χ3n) is 14.3. The van der Waals surface area contributed by atoms with Crippen LogP contribution in [0, 0.1) is 18.8 Å². The summed E-state index contributed by atoms with van der Waals surface area (Å²) in [6.45, 7) is 13.4. The lowest BCUT2D eigenvalue weighted by Gasteiger charge is -2.19. The zero-order chi connectivity index (χ0) is 42.8. The fourth-order valence-corrected chi connectivity index (χ4v) is 10.5. The molecule has 4 aliphatic heterocycles. The molecule has 1 aliphatic carbocycles. The van der Waals surface area contributed by atoms with E-state index in [1.165, 1.54) is 76.0 Å². The molecule has 1 saturated carbocycles. The van der Waals surface area contributed by atoms with E-state index in [9.17, 15) is 14.4 Å². The maximum absolute atomic E-state index is 13.7. The number of hydrogen-bond acceptors (Lipinski definition) is 8. The number of carbonyl (C=O) groups is 3. The molecule has 2 N–H and O–H groups in total. The number of aromatic amines is 1. The number of fused-ring (bicyclic) bond motifs is 6. The molecule has 9 heteroatoms. The topological polar surface area (TPSA) is 122 Å². The second-order valence-electron chi connectivity index (χ2n) is 18.3. The largest absolute Gasteiger partial charge is 0.469 e. The second kappa shape index (κ2) is 21.7. The van der Waals surface area contributed by atoms with E-state index >= 15 is 0 Å². The number of rotatable bonds is 21. The molecule has 8 bridgehead atoms. The summed E-state index contributed by atoms with van der Waals surface area (Å²) in [4.78, 5) is 53.8. The van der Waals surface area contributed by atoms with Gasteiger partial charge in [0.05, 0.1) is 24.9 Å². The predicted octanol–water partition coefficient (Wildman–Crippen LogP) is 11.0. The molecule has 5 aliphatic rings. The summed E-state index contributed by atoms with van der Waals surface area (Å²) in [6, 6.07) is -0.0829. The summed E-state index contributed by atoms with van der Waals surface area (Å²) in [7, 11) is 1.44. The zero-order valence-electron chi connectivity index (χ0n) is 38.0. The van der Waals surface area contributed by atoms with Gasteiger partial charge in [-0.1, -0.05) is 84.3 Å². The molecule has 9 nitrogen and oxygen atoms in total. The van der Waals surface area contributed by atoms with Gasteiger partial charge < -0.3 is 19.8 Å². The third-order valence-corrected chi connectivity index (χ3v) is 14.3. The minimum absolute atomic E-state index is 0.0181. The van der Waals surface area contributed by atoms with Gasteiger partial charge in [-0.25, -0.2) is 0 Å². The molecule has 5 heterocycles. The quantitative estimate of drug-likeness (QED) is 0.0723. The van der Waals surface area contributed by atoms with Crippen LogP contribution in [0.5, 0.6) is 0 Å². The standard InChI is InChI=1S/C51H74N4O5/c1-8-10-11-12-13-14-15-16-17-18-19-20-21-22-23-24-48(58)60-31-39-34(5)40-28-42-33(4)37(25-26-47(57)59-7)50(54-42)38-27-46(56)49-35(6)43(55-51(38)49)30-44-36(9-2)32(3)41(52-44)29-45(39)53-40/h16-17,33,37,41-43,53-54H,8-15,18-31H2,1-7H3/b17-16+,50-38-/t33-,37-,41?,42?,43?/m0/s1. The van der Waals surface area contributed by atoms with Crippen LogP contribution in [0.1, 0.15) is 179 Å². The number of esters is 2. The number of nitrogens with zero attached hydrogens (tertiary/aromatic N) is 2. The lowest BCUT2D eigenvalue weighted by Crippen LogP contribution is -2.29. The Morgan fingerprint density at radius 1 is 0.800 bits per heavy atom. The number of aromatic nitrogens is 1. The highest BCUT2D eigenvalue weighted by Gasteiger charge is 2.45. The smallest absolute Gasteiger partial charge is 0.306 e. The molecule has 6 rings (SSSR count). The van der Waals surface area contributed by atoms with Crippen LogP contribution in [-0.4, -0.2) is 59.4 Å². The summed E-state index contributed by atoms with van der Waals surface area (Å²) in [5.74, 6) is 0.0197. The van der Waals surface area contributed by atoms with Crippen LogP contribution in [0.15, 0.2) is 55.7 Å². The molecule has 1 aromatic rings. The highest BCUT2D eigenvalue weighted by molar-refractivity contribution is 6.37. The highest BCUT2D eigenvalue weighted by Crippen LogP contribution is 2.44. The van der Waals surface area contributed by atoms with E-state index in [-0.39, 0.29) is 54.3 Å². The van der Waals surface area contributed by atoms with Crippen molar-refractivity contribution >= 4 is 29.1 Å². The van der Waals surface area contributed by atoms with Crippen LogP contribution in [0.3, 0.4) is 0 Å². The van der Waals surface area contributed by atoms with Crippen LogP contribution >= 0.6 is 0 Å². The monoisotopic (exact) mass is 823 g/mol. The van der Waals surface area contributed by atoms with Crippen molar-refractivity contribution in [3.63, 3.8) is 0 Å². The normalized spacial score (nSPS) is 24.8. The zero-order valence-corrected chi connectivity index (χ0v) is 38.0. The van der Waals surface area contributed by atoms with E-state index in [0.29, 0.717) is 38.5 Å². The number of Topliss-reactive ketones (excluding diaryl/α,β-unsaturated/α-hetero) is 1. The first-order valence-electron chi connectivity index (χ1n) is 23.7. The average molecular weight is 823 g/mol. The van der Waals surface area contributed by atoms with Gasteiger partial charge in [-0.3, -0.25) is 24.4 Å². The lowest BCUT2D eigenvalue weighted by atomic mass is 9.84. The van der Waals surface area contributed by atoms with Gasteiger partial charge in [0.1, 0.15) is 6.61 Å². The second-order valence-corrected chi connectivity index (χ2v) is 18.3. The van der Waals surface area contributed by atoms with Crippen LogP contribution in [0.4, 0.5) is 0 Å². The number of ketones is 1. The van der Waals surface area contributed by atoms with Gasteiger partial charge in [0, 0.05) is 90.0 Å². The molecule has 0 amide bonds. The number of carbonyl (C=O) groups excluding carboxylic acids is 3. The Bertz CT molecular complexity index is 1920. The first kappa shape index (κ1) is 45.5. The fraction of sp³-hybridized carbons (Fsp3) is 0.667. The first-order chi connectivity index (χ1) is 29.1. The van der Waals surface area contributed by atoms with Crippen molar-refractivity contribution in [1.82, 2.24) is 10.3 Å². The van der Waals surface area contributed by atoms with E-state index in [4.69, 9.17) is 19.5 Å². The van der Waals surface area contributed by atoms with Gasteiger partial charge in [-0.05, 0) is 93.9 Å². The summed E-state index contributed by atoms with van der Waals surface area (Å²) >= 11 is 0. The molecule has 0 spiro atoms. The van der Waals surface area contributed by atoms with Crippen LogP contribution in [0.25, 0.3) is 0 Å². The van der Waals surface area contributed by atoms with Gasteiger partial charge >= 0.3 is 11.9 Å². The maximum Gasteiger partial charge on any atom is 0.306 e. The van der Waals surface area contributed by atoms with Crippen molar-refractivity contribution < 1.29 is 23.9 Å². The molecular weight excluding hydrogens is 749 g/mol. The van der Waals surface area contributed by atoms with Gasteiger partial charge in [0.2, 0.25) is 0 Å². The molecule has 328 valence electrons. The van der Waals surface area contributed by atoms with Gasteiger partial charge in [-0.2, -0.15) is 0 Å². The van der Waals surface area contributed by atoms with E-state index in [2.05, 4.69) is 64.0 Å². The molecule has 1 saturated heterocycles. The number of aliphatic imine (C=N–C) groups is 2. The molecule has 3 unspecified atom stereocenters. The lowest BCUT2D eigenvalue weighted by molar-refractivity contribution is -0.145. The van der Waals surface area contributed by atoms with Crippen LogP contribution < -0.4 is 5.32 Å². The average Bonchev–Trinajstić information content (AvgIpc) is 3.99. The number of ether oxygens (including phenoxy) is 2. The summed E-state index contributed by atoms with van der Waals surface area (Å²) < 4.78 is 11.1. The van der Waals surface area contributed by atoms with Crippen LogP contribution in [0.2, 0.25) is 0 Å². The molecule has 5 atom stereocenters. The Morgan fingerprint density at radius 2 is 1.48 bits per heavy atom. The Labute approximate surface area is 360 Å². The van der Waals surface area contributed by atoms with E-state index in [1.807, 2.05) is 0 Å². The minimum atomic E-state index is -0.224.